The average Bonchev–Trinajstić information content (AvgIpc) is 3.61. The van der Waals surface area contributed by atoms with Crippen LogP contribution in [-0.4, -0.2) is 15.0 Å². The fraction of sp³-hybridized carbons (Fsp3) is 0.0784. The molecule has 4 nitrogen and oxygen atoms in total. The maximum Gasteiger partial charge on any atom is 0.128 e. The molecule has 0 fully saturated rings. The Morgan fingerprint density at radius 1 is 0.500 bits per heavy atom. The van der Waals surface area contributed by atoms with E-state index in [1.54, 1.807) is 6.20 Å². The first-order valence-corrected chi connectivity index (χ1v) is 18.5. The molecule has 5 heteroatoms. The van der Waals surface area contributed by atoms with Crippen molar-refractivity contribution in [2.24, 2.45) is 0 Å². The third-order valence-corrected chi connectivity index (χ3v) is 10.4. The Kier molecular flexibility index (Phi) is 10.1. The van der Waals surface area contributed by atoms with Crippen LogP contribution in [-0.2, 0) is 20.1 Å². The fourth-order valence-electron chi connectivity index (χ4n) is 7.61. The summed E-state index contributed by atoms with van der Waals surface area (Å²) in [6.45, 7) is 8.59. The average molecular weight is 900 g/mol. The molecule has 0 aliphatic heterocycles. The van der Waals surface area contributed by atoms with Gasteiger partial charge in [-0.3, -0.25) is 0 Å². The molecule has 56 heavy (non-hydrogen) atoms. The van der Waals surface area contributed by atoms with Crippen LogP contribution in [0.4, 0.5) is 0 Å². The largest absolute Gasteiger partial charge is 0.500 e. The van der Waals surface area contributed by atoms with Gasteiger partial charge in [0.1, 0.15) is 5.58 Å². The zero-order chi connectivity index (χ0) is 37.5. The van der Waals surface area contributed by atoms with Crippen LogP contribution in [0.5, 0.6) is 0 Å². The summed E-state index contributed by atoms with van der Waals surface area (Å²) >= 11 is 0. The Labute approximate surface area is 340 Å². The van der Waals surface area contributed by atoms with Gasteiger partial charge in [-0.05, 0) is 102 Å². The summed E-state index contributed by atoms with van der Waals surface area (Å²) < 4.78 is 6.59. The number of fused-ring (bicyclic) bond motifs is 6. The number of hydrogen-bond donors (Lipinski definition) is 0. The summed E-state index contributed by atoms with van der Waals surface area (Å²) in [6.07, 6.45) is 3.75. The molecule has 0 amide bonds. The molecule has 0 unspecified atom stereocenters. The fourth-order valence-corrected chi connectivity index (χ4v) is 7.61. The predicted molar refractivity (Wildman–Crippen MR) is 227 cm³/mol. The van der Waals surface area contributed by atoms with E-state index in [2.05, 4.69) is 136 Å². The zero-order valence-corrected chi connectivity index (χ0v) is 33.9. The predicted octanol–water partition coefficient (Wildman–Crippen LogP) is 13.3. The molecule has 4 heterocycles. The van der Waals surface area contributed by atoms with Gasteiger partial charge < -0.3 is 14.4 Å². The second-order valence-electron chi connectivity index (χ2n) is 14.1. The van der Waals surface area contributed by atoms with Crippen molar-refractivity contribution in [3.8, 4) is 44.9 Å². The summed E-state index contributed by atoms with van der Waals surface area (Å²) in [6, 6.07) is 54.4. The Morgan fingerprint density at radius 2 is 1.27 bits per heavy atom. The van der Waals surface area contributed by atoms with E-state index in [0.29, 0.717) is 0 Å². The standard InChI is InChI=1S/C40H29N2O.C11H8N.Ir/c1-23-9-7-10-24(2)38(23)35-18-16-28-20-33(25(3)19-36(28)42-35)34-21-37(41-22-26(34)4)32-14-8-13-30-31-17-15-27-11-5-6-12-29(27)39(31)43-40(30)32;1-2-6-10(7-3-1)11-8-4-5-9-12-11;/h5-13,15-22H,1-4H3;1-6,8-9H;/q2*-1;. The molecular formula is C51H37IrN3O-2. The van der Waals surface area contributed by atoms with Crippen molar-refractivity contribution >= 4 is 43.6 Å². The van der Waals surface area contributed by atoms with Gasteiger partial charge in [0.25, 0.3) is 0 Å². The molecule has 0 aliphatic rings. The maximum atomic E-state index is 6.59. The Morgan fingerprint density at radius 3 is 2.07 bits per heavy atom. The smallest absolute Gasteiger partial charge is 0.128 e. The van der Waals surface area contributed by atoms with Crippen LogP contribution >= 0.6 is 0 Å². The molecule has 273 valence electrons. The van der Waals surface area contributed by atoms with Crippen molar-refractivity contribution in [3.63, 3.8) is 0 Å². The van der Waals surface area contributed by atoms with Crippen LogP contribution in [0.25, 0.3) is 88.5 Å². The minimum atomic E-state index is 0. The molecule has 0 saturated heterocycles. The molecule has 4 aromatic heterocycles. The summed E-state index contributed by atoms with van der Waals surface area (Å²) in [4.78, 5) is 14.2. The maximum absolute atomic E-state index is 6.59. The quantitative estimate of drug-likeness (QED) is 0.165. The molecule has 0 N–H and O–H groups in total. The Balaban J connectivity index is 0.000000290. The minimum Gasteiger partial charge on any atom is -0.500 e. The monoisotopic (exact) mass is 900 g/mol. The summed E-state index contributed by atoms with van der Waals surface area (Å²) in [5, 5.41) is 5.57. The van der Waals surface area contributed by atoms with Crippen LogP contribution in [0.1, 0.15) is 22.3 Å². The van der Waals surface area contributed by atoms with Crippen molar-refractivity contribution in [3.05, 3.63) is 186 Å². The van der Waals surface area contributed by atoms with E-state index >= 15 is 0 Å². The molecule has 10 rings (SSSR count). The third kappa shape index (κ3) is 6.81. The van der Waals surface area contributed by atoms with E-state index in [1.807, 2.05) is 54.7 Å². The van der Waals surface area contributed by atoms with E-state index < -0.39 is 0 Å². The Hall–Kier alpha value is -6.26. The number of hydrogen-bond acceptors (Lipinski definition) is 4. The first-order valence-electron chi connectivity index (χ1n) is 18.5. The van der Waals surface area contributed by atoms with Gasteiger partial charge in [0.2, 0.25) is 0 Å². The van der Waals surface area contributed by atoms with Crippen LogP contribution in [0.2, 0.25) is 0 Å². The van der Waals surface area contributed by atoms with Gasteiger partial charge in [0.15, 0.2) is 0 Å². The van der Waals surface area contributed by atoms with Crippen molar-refractivity contribution in [1.82, 2.24) is 15.0 Å². The topological polar surface area (TPSA) is 51.8 Å². The second kappa shape index (κ2) is 15.5. The molecule has 1 radical (unpaired) electrons. The van der Waals surface area contributed by atoms with Crippen LogP contribution in [0.15, 0.2) is 156 Å². The minimum absolute atomic E-state index is 0. The molecule has 6 aromatic carbocycles. The summed E-state index contributed by atoms with van der Waals surface area (Å²) in [7, 11) is 0. The van der Waals surface area contributed by atoms with Crippen LogP contribution in [0.3, 0.4) is 0 Å². The van der Waals surface area contributed by atoms with Gasteiger partial charge in [-0.2, -0.15) is 0 Å². The SMILES string of the molecule is Cc1cnc(-c2[c-]ccc3c2oc2c4ccccc4ccc32)cc1-c1cc2ccc(-c3c(C)cccc3C)nc2cc1C.[Ir].[c-]1ccccc1-c1ccccn1. The van der Waals surface area contributed by atoms with Gasteiger partial charge in [-0.15, -0.1) is 54.1 Å². The molecule has 0 spiro atoms. The van der Waals surface area contributed by atoms with E-state index in [1.165, 1.54) is 27.8 Å². The van der Waals surface area contributed by atoms with E-state index in [0.717, 1.165) is 82.9 Å². The number of nitrogens with zero attached hydrogens (tertiary/aromatic N) is 3. The molecular weight excluding hydrogens is 863 g/mol. The summed E-state index contributed by atoms with van der Waals surface area (Å²) in [5.41, 5.74) is 15.8. The van der Waals surface area contributed by atoms with Gasteiger partial charge in [-0.1, -0.05) is 89.8 Å². The molecule has 0 atom stereocenters. The summed E-state index contributed by atoms with van der Waals surface area (Å²) in [5.74, 6) is 0. The van der Waals surface area contributed by atoms with E-state index in [9.17, 15) is 0 Å². The number of furan rings is 1. The van der Waals surface area contributed by atoms with Crippen molar-refractivity contribution < 1.29 is 24.5 Å². The van der Waals surface area contributed by atoms with Crippen molar-refractivity contribution in [1.29, 1.82) is 0 Å². The van der Waals surface area contributed by atoms with Crippen molar-refractivity contribution in [2.45, 2.75) is 27.7 Å². The molecule has 10 aromatic rings. The first kappa shape index (κ1) is 36.7. The van der Waals surface area contributed by atoms with E-state index in [4.69, 9.17) is 14.4 Å². The van der Waals surface area contributed by atoms with Crippen LogP contribution < -0.4 is 0 Å². The van der Waals surface area contributed by atoms with Crippen molar-refractivity contribution in [2.75, 3.05) is 0 Å². The number of aromatic nitrogens is 3. The van der Waals surface area contributed by atoms with Gasteiger partial charge >= 0.3 is 0 Å². The Bertz CT molecular complexity index is 2970. The van der Waals surface area contributed by atoms with Gasteiger partial charge in [0, 0.05) is 54.2 Å². The van der Waals surface area contributed by atoms with E-state index in [-0.39, 0.29) is 20.1 Å². The number of pyridine rings is 3. The first-order chi connectivity index (χ1) is 26.9. The molecule has 0 saturated carbocycles. The zero-order valence-electron chi connectivity index (χ0n) is 31.5. The van der Waals surface area contributed by atoms with Gasteiger partial charge in [-0.25, -0.2) is 4.98 Å². The molecule has 0 aliphatic carbocycles. The number of rotatable bonds is 4. The number of benzene rings is 6. The second-order valence-corrected chi connectivity index (χ2v) is 14.1. The third-order valence-electron chi connectivity index (χ3n) is 10.4. The normalized spacial score (nSPS) is 11.1. The van der Waals surface area contributed by atoms with Gasteiger partial charge in [0.05, 0.1) is 16.8 Å². The number of aryl methyl sites for hydroxylation is 4. The van der Waals surface area contributed by atoms with Crippen LogP contribution in [0, 0.1) is 39.8 Å². The molecule has 0 bridgehead atoms.